The summed E-state index contributed by atoms with van der Waals surface area (Å²) in [5.41, 5.74) is 0. The molecule has 2 rings (SSSR count). The molecule has 0 aromatic carbocycles. The Hall–Kier alpha value is -0.160. The predicted octanol–water partition coefficient (Wildman–Crippen LogP) is -0.772. The van der Waals surface area contributed by atoms with Crippen LogP contribution in [0.2, 0.25) is 0 Å². The summed E-state index contributed by atoms with van der Waals surface area (Å²) in [6.45, 7) is 4.51. The molecule has 0 saturated carbocycles. The van der Waals surface area contributed by atoms with Crippen molar-refractivity contribution in [3.63, 3.8) is 0 Å². The summed E-state index contributed by atoms with van der Waals surface area (Å²) in [6, 6.07) is 1.38. The Labute approximate surface area is 80.0 Å². The van der Waals surface area contributed by atoms with Gasteiger partial charge in [0.2, 0.25) is 0 Å². The SMILES string of the molecule is CN1CCC(NC2CN(N)C2)CC1. The first-order valence-corrected chi connectivity index (χ1v) is 5.18. The van der Waals surface area contributed by atoms with Crippen molar-refractivity contribution >= 4 is 0 Å². The highest BCUT2D eigenvalue weighted by Crippen LogP contribution is 2.11. The molecule has 76 valence electrons. The van der Waals surface area contributed by atoms with Crippen molar-refractivity contribution < 1.29 is 0 Å². The van der Waals surface area contributed by atoms with Crippen LogP contribution in [0.25, 0.3) is 0 Å². The van der Waals surface area contributed by atoms with E-state index < -0.39 is 0 Å². The lowest BCUT2D eigenvalue weighted by Crippen LogP contribution is -2.63. The number of nitrogens with zero attached hydrogens (tertiary/aromatic N) is 2. The number of likely N-dealkylation sites (tertiary alicyclic amines) is 1. The van der Waals surface area contributed by atoms with Crippen molar-refractivity contribution in [2.45, 2.75) is 24.9 Å². The summed E-state index contributed by atoms with van der Waals surface area (Å²) in [5.74, 6) is 5.58. The molecule has 0 amide bonds. The Balaban J connectivity index is 1.65. The van der Waals surface area contributed by atoms with Gasteiger partial charge in [0.05, 0.1) is 0 Å². The largest absolute Gasteiger partial charge is 0.308 e. The monoisotopic (exact) mass is 184 g/mol. The van der Waals surface area contributed by atoms with Crippen LogP contribution in [-0.4, -0.2) is 55.2 Å². The third kappa shape index (κ3) is 2.40. The van der Waals surface area contributed by atoms with Gasteiger partial charge >= 0.3 is 0 Å². The molecule has 2 saturated heterocycles. The lowest BCUT2D eigenvalue weighted by atomic mass is 10.0. The van der Waals surface area contributed by atoms with Crippen molar-refractivity contribution in [1.82, 2.24) is 15.2 Å². The number of hydrazine groups is 1. The van der Waals surface area contributed by atoms with Gasteiger partial charge in [-0.25, -0.2) is 5.01 Å². The predicted molar refractivity (Wildman–Crippen MR) is 53.2 cm³/mol. The van der Waals surface area contributed by atoms with Gasteiger partial charge in [0.1, 0.15) is 0 Å². The summed E-state index contributed by atoms with van der Waals surface area (Å²) < 4.78 is 0. The fourth-order valence-corrected chi connectivity index (χ4v) is 2.13. The van der Waals surface area contributed by atoms with Gasteiger partial charge < -0.3 is 10.2 Å². The van der Waals surface area contributed by atoms with Crippen LogP contribution in [0.4, 0.5) is 0 Å². The quantitative estimate of drug-likeness (QED) is 0.553. The van der Waals surface area contributed by atoms with Crippen molar-refractivity contribution in [2.24, 2.45) is 5.84 Å². The topological polar surface area (TPSA) is 44.5 Å². The highest BCUT2D eigenvalue weighted by molar-refractivity contribution is 4.87. The molecule has 0 aliphatic carbocycles. The summed E-state index contributed by atoms with van der Waals surface area (Å²) in [7, 11) is 2.20. The number of hydrogen-bond donors (Lipinski definition) is 2. The lowest BCUT2D eigenvalue weighted by molar-refractivity contribution is 0.107. The minimum absolute atomic E-state index is 0.651. The molecule has 0 atom stereocenters. The maximum Gasteiger partial charge on any atom is 0.0352 e. The van der Waals surface area contributed by atoms with Crippen LogP contribution >= 0.6 is 0 Å². The van der Waals surface area contributed by atoms with Crippen LogP contribution in [-0.2, 0) is 0 Å². The summed E-state index contributed by atoms with van der Waals surface area (Å²) in [4.78, 5) is 2.40. The van der Waals surface area contributed by atoms with E-state index in [1.807, 2.05) is 5.01 Å². The first-order valence-electron chi connectivity index (χ1n) is 5.18. The van der Waals surface area contributed by atoms with Gasteiger partial charge in [0, 0.05) is 25.2 Å². The first kappa shape index (κ1) is 9.40. The lowest BCUT2D eigenvalue weighted by Gasteiger charge is -2.40. The molecule has 0 aromatic heterocycles. The molecular formula is C9H20N4. The molecule has 0 spiro atoms. The number of rotatable bonds is 2. The summed E-state index contributed by atoms with van der Waals surface area (Å²) in [6.07, 6.45) is 2.58. The molecule has 4 heteroatoms. The average molecular weight is 184 g/mol. The van der Waals surface area contributed by atoms with Crippen LogP contribution in [0.15, 0.2) is 0 Å². The van der Waals surface area contributed by atoms with Crippen LogP contribution in [0, 0.1) is 0 Å². The fourth-order valence-electron chi connectivity index (χ4n) is 2.13. The molecule has 2 aliphatic heterocycles. The minimum atomic E-state index is 0.651. The maximum absolute atomic E-state index is 5.58. The number of hydrogen-bond acceptors (Lipinski definition) is 4. The van der Waals surface area contributed by atoms with Crippen LogP contribution < -0.4 is 11.2 Å². The van der Waals surface area contributed by atoms with Crippen molar-refractivity contribution in [1.29, 1.82) is 0 Å². The summed E-state index contributed by atoms with van der Waals surface area (Å²) >= 11 is 0. The third-order valence-electron chi connectivity index (χ3n) is 3.10. The van der Waals surface area contributed by atoms with Crippen LogP contribution in [0.1, 0.15) is 12.8 Å². The van der Waals surface area contributed by atoms with Crippen molar-refractivity contribution in [2.75, 3.05) is 33.2 Å². The highest BCUT2D eigenvalue weighted by atomic mass is 15.5. The van der Waals surface area contributed by atoms with E-state index in [9.17, 15) is 0 Å². The van der Waals surface area contributed by atoms with Gasteiger partial charge in [-0.05, 0) is 33.0 Å². The van der Waals surface area contributed by atoms with Crippen molar-refractivity contribution in [3.8, 4) is 0 Å². The van der Waals surface area contributed by atoms with E-state index in [0.29, 0.717) is 6.04 Å². The van der Waals surface area contributed by atoms with Gasteiger partial charge in [0.15, 0.2) is 0 Å². The number of nitrogens with two attached hydrogens (primary N) is 1. The third-order valence-corrected chi connectivity index (χ3v) is 3.10. The molecule has 2 aliphatic rings. The van der Waals surface area contributed by atoms with Gasteiger partial charge in [-0.2, -0.15) is 0 Å². The Bertz CT molecular complexity index is 159. The molecule has 0 unspecified atom stereocenters. The molecule has 4 nitrogen and oxygen atoms in total. The molecule has 2 heterocycles. The molecule has 0 aromatic rings. The molecule has 3 N–H and O–H groups in total. The van der Waals surface area contributed by atoms with E-state index >= 15 is 0 Å². The smallest absolute Gasteiger partial charge is 0.0352 e. The number of piperidine rings is 1. The second kappa shape index (κ2) is 3.92. The van der Waals surface area contributed by atoms with Crippen molar-refractivity contribution in [3.05, 3.63) is 0 Å². The van der Waals surface area contributed by atoms with E-state index in [-0.39, 0.29) is 0 Å². The first-order chi connectivity index (χ1) is 6.24. The minimum Gasteiger partial charge on any atom is -0.308 e. The van der Waals surface area contributed by atoms with Gasteiger partial charge in [-0.1, -0.05) is 0 Å². The zero-order chi connectivity index (χ0) is 9.26. The zero-order valence-electron chi connectivity index (χ0n) is 8.37. The van der Waals surface area contributed by atoms with E-state index in [2.05, 4.69) is 17.3 Å². The standard InChI is InChI=1S/C9H20N4/c1-12-4-2-8(3-5-12)11-9-6-13(10)7-9/h8-9,11H,2-7,10H2,1H3. The van der Waals surface area contributed by atoms with E-state index in [4.69, 9.17) is 5.84 Å². The Morgan fingerprint density at radius 2 is 1.77 bits per heavy atom. The molecule has 13 heavy (non-hydrogen) atoms. The van der Waals surface area contributed by atoms with E-state index in [1.54, 1.807) is 0 Å². The second-order valence-electron chi connectivity index (χ2n) is 4.40. The number of nitrogens with one attached hydrogen (secondary N) is 1. The Morgan fingerprint density at radius 3 is 2.31 bits per heavy atom. The molecule has 0 bridgehead atoms. The van der Waals surface area contributed by atoms with E-state index in [0.717, 1.165) is 19.1 Å². The molecule has 2 fully saturated rings. The average Bonchev–Trinajstić information content (AvgIpc) is 2.06. The Kier molecular flexibility index (Phi) is 2.83. The maximum atomic E-state index is 5.58. The van der Waals surface area contributed by atoms with E-state index in [1.165, 1.54) is 25.9 Å². The second-order valence-corrected chi connectivity index (χ2v) is 4.40. The Morgan fingerprint density at radius 1 is 1.15 bits per heavy atom. The normalized spacial score (nSPS) is 29.1. The zero-order valence-corrected chi connectivity index (χ0v) is 8.37. The molecular weight excluding hydrogens is 164 g/mol. The summed E-state index contributed by atoms with van der Waals surface area (Å²) in [5, 5.41) is 5.53. The van der Waals surface area contributed by atoms with Crippen LogP contribution in [0.3, 0.4) is 0 Å². The van der Waals surface area contributed by atoms with Gasteiger partial charge in [-0.15, -0.1) is 0 Å². The van der Waals surface area contributed by atoms with Gasteiger partial charge in [0.25, 0.3) is 0 Å². The fraction of sp³-hybridized carbons (Fsp3) is 1.00. The highest BCUT2D eigenvalue weighted by Gasteiger charge is 2.27. The van der Waals surface area contributed by atoms with Gasteiger partial charge in [-0.3, -0.25) is 5.84 Å². The molecule has 0 radical (unpaired) electrons. The van der Waals surface area contributed by atoms with Crippen LogP contribution in [0.5, 0.6) is 0 Å².